The average Bonchev–Trinajstić information content (AvgIpc) is 2.94. The molecule has 108 valence electrons. The van der Waals surface area contributed by atoms with Crippen LogP contribution in [0.5, 0.6) is 0 Å². The summed E-state index contributed by atoms with van der Waals surface area (Å²) in [4.78, 5) is 4.31. The van der Waals surface area contributed by atoms with Gasteiger partial charge in [0.05, 0.1) is 12.0 Å². The van der Waals surface area contributed by atoms with Gasteiger partial charge in [-0.3, -0.25) is 0 Å². The molecule has 0 radical (unpaired) electrons. The minimum atomic E-state index is 0.141. The van der Waals surface area contributed by atoms with Crippen LogP contribution in [-0.4, -0.2) is 28.8 Å². The second kappa shape index (κ2) is 5.63. The number of ether oxygens (including phenoxy) is 1. The molecule has 0 spiro atoms. The highest BCUT2D eigenvalue weighted by Gasteiger charge is 2.42. The normalized spacial score (nSPS) is 17.7. The Labute approximate surface area is 116 Å². The first-order valence-corrected chi connectivity index (χ1v) is 7.17. The number of imidazole rings is 1. The monoisotopic (exact) mass is 265 g/mol. The lowest BCUT2D eigenvalue weighted by Crippen LogP contribution is -2.35. The molecule has 0 amide bonds. The van der Waals surface area contributed by atoms with E-state index in [-0.39, 0.29) is 5.54 Å². The van der Waals surface area contributed by atoms with Crippen molar-refractivity contribution in [2.24, 2.45) is 5.41 Å². The number of nitrogens with zero attached hydrogens (tertiary/aromatic N) is 2. The summed E-state index contributed by atoms with van der Waals surface area (Å²) < 4.78 is 7.53. The fourth-order valence-corrected chi connectivity index (χ4v) is 2.34. The van der Waals surface area contributed by atoms with Gasteiger partial charge in [0.1, 0.15) is 0 Å². The van der Waals surface area contributed by atoms with Crippen molar-refractivity contribution in [1.82, 2.24) is 14.9 Å². The van der Waals surface area contributed by atoms with Crippen LogP contribution < -0.4 is 5.32 Å². The van der Waals surface area contributed by atoms with Gasteiger partial charge in [-0.25, -0.2) is 4.98 Å². The van der Waals surface area contributed by atoms with Gasteiger partial charge >= 0.3 is 0 Å². The second-order valence-electron chi connectivity index (χ2n) is 6.86. The lowest BCUT2D eigenvalue weighted by Gasteiger charge is -2.22. The average molecular weight is 265 g/mol. The molecule has 0 aliphatic heterocycles. The van der Waals surface area contributed by atoms with Crippen molar-refractivity contribution in [3.8, 4) is 0 Å². The first-order valence-electron chi connectivity index (χ1n) is 7.17. The van der Waals surface area contributed by atoms with E-state index in [1.54, 1.807) is 7.11 Å². The topological polar surface area (TPSA) is 39.1 Å². The molecule has 1 aliphatic rings. The smallest absolute Gasteiger partial charge is 0.0948 e. The molecule has 0 bridgehead atoms. The largest absolute Gasteiger partial charge is 0.385 e. The Morgan fingerprint density at radius 2 is 2.16 bits per heavy atom. The zero-order chi connectivity index (χ0) is 13.9. The van der Waals surface area contributed by atoms with E-state index in [4.69, 9.17) is 4.74 Å². The van der Waals surface area contributed by atoms with Crippen molar-refractivity contribution in [2.45, 2.75) is 58.7 Å². The van der Waals surface area contributed by atoms with Crippen LogP contribution in [0.15, 0.2) is 12.5 Å². The van der Waals surface area contributed by atoms with Crippen LogP contribution in [0.4, 0.5) is 0 Å². The second-order valence-corrected chi connectivity index (χ2v) is 6.86. The molecule has 0 aromatic carbocycles. The highest BCUT2D eigenvalue weighted by molar-refractivity contribution is 5.03. The van der Waals surface area contributed by atoms with E-state index in [0.29, 0.717) is 5.41 Å². The lowest BCUT2D eigenvalue weighted by molar-refractivity contribution is 0.166. The van der Waals surface area contributed by atoms with Gasteiger partial charge in [0.15, 0.2) is 0 Å². The van der Waals surface area contributed by atoms with Crippen molar-refractivity contribution >= 4 is 0 Å². The minimum absolute atomic E-state index is 0.141. The van der Waals surface area contributed by atoms with Crippen LogP contribution in [0.3, 0.4) is 0 Å². The molecule has 1 aliphatic carbocycles. The summed E-state index contributed by atoms with van der Waals surface area (Å²) in [6, 6.07) is 0. The van der Waals surface area contributed by atoms with Gasteiger partial charge in [-0.2, -0.15) is 0 Å². The number of aromatic nitrogens is 2. The summed E-state index contributed by atoms with van der Waals surface area (Å²) in [6.07, 6.45) is 7.74. The third kappa shape index (κ3) is 4.32. The quantitative estimate of drug-likeness (QED) is 0.823. The Bertz CT molecular complexity index is 402. The highest BCUT2D eigenvalue weighted by atomic mass is 16.5. The summed E-state index contributed by atoms with van der Waals surface area (Å²) in [5.41, 5.74) is 1.88. The molecular weight excluding hydrogens is 238 g/mol. The van der Waals surface area contributed by atoms with Crippen molar-refractivity contribution < 1.29 is 4.74 Å². The third-order valence-electron chi connectivity index (χ3n) is 3.90. The summed E-state index contributed by atoms with van der Waals surface area (Å²) >= 11 is 0. The Morgan fingerprint density at radius 3 is 2.74 bits per heavy atom. The number of hydrogen-bond donors (Lipinski definition) is 1. The molecular formula is C15H27N3O. The number of nitrogens with one attached hydrogen (secondary N) is 1. The number of hydrogen-bond acceptors (Lipinski definition) is 3. The fourth-order valence-electron chi connectivity index (χ4n) is 2.34. The molecule has 1 N–H and O–H groups in total. The summed E-state index contributed by atoms with van der Waals surface area (Å²) in [5.74, 6) is 0. The van der Waals surface area contributed by atoms with Gasteiger partial charge in [0.2, 0.25) is 0 Å². The van der Waals surface area contributed by atoms with Crippen LogP contribution in [0, 0.1) is 5.41 Å². The SMILES string of the molecule is COCCC1(Cn2cncc2CNC(C)(C)C)CC1. The molecule has 0 unspecified atom stereocenters. The van der Waals surface area contributed by atoms with Crippen LogP contribution >= 0.6 is 0 Å². The van der Waals surface area contributed by atoms with Crippen molar-refractivity contribution in [3.63, 3.8) is 0 Å². The van der Waals surface area contributed by atoms with E-state index in [2.05, 4.69) is 35.6 Å². The van der Waals surface area contributed by atoms with Crippen LogP contribution in [0.1, 0.15) is 45.7 Å². The van der Waals surface area contributed by atoms with Crippen LogP contribution in [-0.2, 0) is 17.8 Å². The maximum absolute atomic E-state index is 5.22. The first-order chi connectivity index (χ1) is 8.94. The molecule has 1 aromatic rings. The summed E-state index contributed by atoms with van der Waals surface area (Å²) in [5, 5.41) is 3.53. The Hall–Kier alpha value is -0.870. The van der Waals surface area contributed by atoms with E-state index in [1.165, 1.54) is 18.5 Å². The predicted molar refractivity (Wildman–Crippen MR) is 77.0 cm³/mol. The third-order valence-corrected chi connectivity index (χ3v) is 3.90. The zero-order valence-corrected chi connectivity index (χ0v) is 12.7. The molecule has 4 heteroatoms. The molecule has 1 aromatic heterocycles. The van der Waals surface area contributed by atoms with Crippen LogP contribution in [0.2, 0.25) is 0 Å². The number of methoxy groups -OCH3 is 1. The Balaban J connectivity index is 1.92. The first kappa shape index (κ1) is 14.5. The van der Waals surface area contributed by atoms with Crippen molar-refractivity contribution in [1.29, 1.82) is 0 Å². The molecule has 2 rings (SSSR count). The minimum Gasteiger partial charge on any atom is -0.385 e. The van der Waals surface area contributed by atoms with Gasteiger partial charge < -0.3 is 14.6 Å². The summed E-state index contributed by atoms with van der Waals surface area (Å²) in [7, 11) is 1.78. The molecule has 4 nitrogen and oxygen atoms in total. The van der Waals surface area contributed by atoms with Gasteiger partial charge in [0, 0.05) is 38.5 Å². The van der Waals surface area contributed by atoms with Crippen LogP contribution in [0.25, 0.3) is 0 Å². The zero-order valence-electron chi connectivity index (χ0n) is 12.7. The highest BCUT2D eigenvalue weighted by Crippen LogP contribution is 2.50. The van der Waals surface area contributed by atoms with Gasteiger partial charge in [-0.15, -0.1) is 0 Å². The predicted octanol–water partition coefficient (Wildman–Crippen LogP) is 2.59. The van der Waals surface area contributed by atoms with E-state index in [0.717, 1.165) is 26.1 Å². The molecule has 0 atom stereocenters. The van der Waals surface area contributed by atoms with E-state index in [1.807, 2.05) is 12.5 Å². The summed E-state index contributed by atoms with van der Waals surface area (Å²) in [6.45, 7) is 9.39. The molecule has 19 heavy (non-hydrogen) atoms. The van der Waals surface area contributed by atoms with E-state index >= 15 is 0 Å². The maximum Gasteiger partial charge on any atom is 0.0948 e. The van der Waals surface area contributed by atoms with E-state index in [9.17, 15) is 0 Å². The number of rotatable bonds is 7. The fraction of sp³-hybridized carbons (Fsp3) is 0.800. The Morgan fingerprint density at radius 1 is 1.42 bits per heavy atom. The molecule has 1 heterocycles. The molecule has 1 saturated carbocycles. The molecule has 0 saturated heterocycles. The van der Waals surface area contributed by atoms with E-state index < -0.39 is 0 Å². The van der Waals surface area contributed by atoms with Crippen molar-refractivity contribution in [3.05, 3.63) is 18.2 Å². The lowest BCUT2D eigenvalue weighted by atomic mass is 10.0. The Kier molecular flexibility index (Phi) is 4.31. The standard InChI is InChI=1S/C15H27N3O/c1-14(2,3)17-10-13-9-16-12-18(13)11-15(5-6-15)7-8-19-4/h9,12,17H,5-8,10-11H2,1-4H3. The maximum atomic E-state index is 5.22. The molecule has 1 fully saturated rings. The van der Waals surface area contributed by atoms with Gasteiger partial charge in [0.25, 0.3) is 0 Å². The van der Waals surface area contributed by atoms with Crippen molar-refractivity contribution in [2.75, 3.05) is 13.7 Å². The van der Waals surface area contributed by atoms with Gasteiger partial charge in [-0.1, -0.05) is 0 Å². The van der Waals surface area contributed by atoms with Gasteiger partial charge in [-0.05, 0) is 45.4 Å².